The number of anilines is 1. The zero-order valence-electron chi connectivity index (χ0n) is 11.6. The van der Waals surface area contributed by atoms with Crippen LogP contribution in [0.4, 0.5) is 14.5 Å². The summed E-state index contributed by atoms with van der Waals surface area (Å²) < 4.78 is 26.7. The minimum atomic E-state index is -0.762. The van der Waals surface area contributed by atoms with E-state index in [1.807, 2.05) is 0 Å². The third-order valence-electron chi connectivity index (χ3n) is 4.18. The van der Waals surface area contributed by atoms with Crippen molar-refractivity contribution >= 4 is 11.6 Å². The van der Waals surface area contributed by atoms with Crippen molar-refractivity contribution in [2.45, 2.75) is 32.6 Å². The Morgan fingerprint density at radius 1 is 1.30 bits per heavy atom. The summed E-state index contributed by atoms with van der Waals surface area (Å²) >= 11 is 0. The van der Waals surface area contributed by atoms with E-state index < -0.39 is 17.5 Å². The second kappa shape index (κ2) is 6.31. The number of rotatable bonds is 6. The number of carbonyl (C=O) groups is 1. The van der Waals surface area contributed by atoms with E-state index in [1.165, 1.54) is 25.3 Å². The number of carbonyl (C=O) groups excluding carboxylic acids is 1. The van der Waals surface area contributed by atoms with Gasteiger partial charge in [-0.1, -0.05) is 19.4 Å². The molecule has 1 saturated carbocycles. The molecule has 110 valence electrons. The second-order valence-electron chi connectivity index (χ2n) is 5.46. The molecule has 0 bridgehead atoms. The van der Waals surface area contributed by atoms with Crippen molar-refractivity contribution in [1.82, 2.24) is 5.32 Å². The zero-order chi connectivity index (χ0) is 14.6. The number of para-hydroxylation sites is 1. The first-order valence-corrected chi connectivity index (χ1v) is 7.01. The van der Waals surface area contributed by atoms with Gasteiger partial charge in [-0.2, -0.15) is 0 Å². The topological polar surface area (TPSA) is 41.1 Å². The molecule has 1 fully saturated rings. The molecule has 2 rings (SSSR count). The average Bonchev–Trinajstić information content (AvgIpc) is 2.37. The van der Waals surface area contributed by atoms with Crippen LogP contribution in [-0.4, -0.2) is 19.0 Å². The summed E-state index contributed by atoms with van der Waals surface area (Å²) in [5.41, 5.74) is -0.0723. The van der Waals surface area contributed by atoms with Gasteiger partial charge in [0.05, 0.1) is 6.54 Å². The monoisotopic (exact) mass is 282 g/mol. The standard InChI is InChI=1S/C15H20F2N2O/c1-2-15(7-4-8-15)10-18-9-13(20)19-14-11(16)5-3-6-12(14)17/h3,5-6,18H,2,4,7-10H2,1H3,(H,19,20). The van der Waals surface area contributed by atoms with Crippen molar-refractivity contribution in [3.63, 3.8) is 0 Å². The van der Waals surface area contributed by atoms with Crippen molar-refractivity contribution in [2.24, 2.45) is 5.41 Å². The normalized spacial score (nSPS) is 16.6. The maximum Gasteiger partial charge on any atom is 0.238 e. The van der Waals surface area contributed by atoms with Gasteiger partial charge in [-0.15, -0.1) is 0 Å². The van der Waals surface area contributed by atoms with Crippen LogP contribution in [0.1, 0.15) is 32.6 Å². The molecule has 1 aliphatic rings. The van der Waals surface area contributed by atoms with E-state index in [0.717, 1.165) is 25.1 Å². The van der Waals surface area contributed by atoms with Crippen molar-refractivity contribution in [3.05, 3.63) is 29.8 Å². The predicted octanol–water partition coefficient (Wildman–Crippen LogP) is 3.07. The fourth-order valence-corrected chi connectivity index (χ4v) is 2.57. The SMILES string of the molecule is CCC1(CNCC(=O)Nc2c(F)cccc2F)CCC1. The van der Waals surface area contributed by atoms with E-state index in [9.17, 15) is 13.6 Å². The number of hydrogen-bond acceptors (Lipinski definition) is 2. The van der Waals surface area contributed by atoms with Crippen LogP contribution in [0.5, 0.6) is 0 Å². The lowest BCUT2D eigenvalue weighted by molar-refractivity contribution is -0.115. The summed E-state index contributed by atoms with van der Waals surface area (Å²) in [4.78, 5) is 11.7. The summed E-state index contributed by atoms with van der Waals surface area (Å²) in [6.45, 7) is 2.99. The number of halogens is 2. The van der Waals surface area contributed by atoms with Gasteiger partial charge in [-0.05, 0) is 36.8 Å². The van der Waals surface area contributed by atoms with Gasteiger partial charge in [-0.25, -0.2) is 8.78 Å². The Balaban J connectivity index is 1.81. The fourth-order valence-electron chi connectivity index (χ4n) is 2.57. The zero-order valence-corrected chi connectivity index (χ0v) is 11.6. The third-order valence-corrected chi connectivity index (χ3v) is 4.18. The van der Waals surface area contributed by atoms with Crippen LogP contribution in [0.25, 0.3) is 0 Å². The number of hydrogen-bond donors (Lipinski definition) is 2. The van der Waals surface area contributed by atoms with Gasteiger partial charge in [0, 0.05) is 6.54 Å². The largest absolute Gasteiger partial charge is 0.320 e. The van der Waals surface area contributed by atoms with Gasteiger partial charge in [0.2, 0.25) is 5.91 Å². The molecule has 1 amide bonds. The predicted molar refractivity (Wildman–Crippen MR) is 74.4 cm³/mol. The number of benzene rings is 1. The van der Waals surface area contributed by atoms with Crippen LogP contribution in [0.2, 0.25) is 0 Å². The van der Waals surface area contributed by atoms with Crippen LogP contribution < -0.4 is 10.6 Å². The van der Waals surface area contributed by atoms with Gasteiger partial charge in [0.1, 0.15) is 17.3 Å². The summed E-state index contributed by atoms with van der Waals surface area (Å²) in [6.07, 6.45) is 4.69. The van der Waals surface area contributed by atoms with Gasteiger partial charge in [-0.3, -0.25) is 4.79 Å². The lowest BCUT2D eigenvalue weighted by Crippen LogP contribution is -2.42. The molecule has 0 aliphatic heterocycles. The lowest BCUT2D eigenvalue weighted by atomic mass is 9.67. The lowest BCUT2D eigenvalue weighted by Gasteiger charge is -2.41. The minimum Gasteiger partial charge on any atom is -0.320 e. The molecule has 0 atom stereocenters. The van der Waals surface area contributed by atoms with E-state index in [1.54, 1.807) is 0 Å². The van der Waals surface area contributed by atoms with Crippen LogP contribution in [0, 0.1) is 17.0 Å². The summed E-state index contributed by atoms with van der Waals surface area (Å²) in [7, 11) is 0. The fraction of sp³-hybridized carbons (Fsp3) is 0.533. The third kappa shape index (κ3) is 3.33. The Hall–Kier alpha value is -1.49. The van der Waals surface area contributed by atoms with Gasteiger partial charge in [0.25, 0.3) is 0 Å². The highest BCUT2D eigenvalue weighted by molar-refractivity contribution is 5.92. The Kier molecular flexibility index (Phi) is 4.70. The van der Waals surface area contributed by atoms with Crippen molar-refractivity contribution in [1.29, 1.82) is 0 Å². The van der Waals surface area contributed by atoms with Crippen LogP contribution in [0.3, 0.4) is 0 Å². The molecule has 5 heteroatoms. The first kappa shape index (κ1) is 14.9. The van der Waals surface area contributed by atoms with Gasteiger partial charge >= 0.3 is 0 Å². The Bertz CT molecular complexity index is 461. The summed E-state index contributed by atoms with van der Waals surface area (Å²) in [6, 6.07) is 3.50. The molecule has 2 N–H and O–H groups in total. The first-order valence-electron chi connectivity index (χ1n) is 7.01. The highest BCUT2D eigenvalue weighted by atomic mass is 19.1. The van der Waals surface area contributed by atoms with E-state index in [-0.39, 0.29) is 12.2 Å². The molecular formula is C15H20F2N2O. The second-order valence-corrected chi connectivity index (χ2v) is 5.46. The Morgan fingerprint density at radius 2 is 1.95 bits per heavy atom. The van der Waals surface area contributed by atoms with Crippen LogP contribution in [0.15, 0.2) is 18.2 Å². The number of amides is 1. The summed E-state index contributed by atoms with van der Waals surface area (Å²) in [5.74, 6) is -1.95. The molecule has 1 aromatic rings. The minimum absolute atomic E-state index is 0.0650. The Morgan fingerprint density at radius 3 is 2.45 bits per heavy atom. The highest BCUT2D eigenvalue weighted by Gasteiger charge is 2.34. The number of nitrogens with one attached hydrogen (secondary N) is 2. The molecule has 0 spiro atoms. The molecule has 0 radical (unpaired) electrons. The molecule has 20 heavy (non-hydrogen) atoms. The molecule has 0 saturated heterocycles. The quantitative estimate of drug-likeness (QED) is 0.842. The molecule has 0 unspecified atom stereocenters. The van der Waals surface area contributed by atoms with E-state index >= 15 is 0 Å². The van der Waals surface area contributed by atoms with Crippen molar-refractivity contribution in [3.8, 4) is 0 Å². The summed E-state index contributed by atoms with van der Waals surface area (Å²) in [5, 5.41) is 5.35. The maximum atomic E-state index is 13.4. The molecule has 0 heterocycles. The van der Waals surface area contributed by atoms with Crippen LogP contribution >= 0.6 is 0 Å². The van der Waals surface area contributed by atoms with Gasteiger partial charge < -0.3 is 10.6 Å². The van der Waals surface area contributed by atoms with Gasteiger partial charge in [0.15, 0.2) is 0 Å². The van der Waals surface area contributed by atoms with E-state index in [2.05, 4.69) is 17.6 Å². The first-order chi connectivity index (χ1) is 9.56. The molecule has 1 aromatic carbocycles. The molecular weight excluding hydrogens is 262 g/mol. The van der Waals surface area contributed by atoms with E-state index in [0.29, 0.717) is 5.41 Å². The van der Waals surface area contributed by atoms with E-state index in [4.69, 9.17) is 0 Å². The van der Waals surface area contributed by atoms with Crippen molar-refractivity contribution in [2.75, 3.05) is 18.4 Å². The van der Waals surface area contributed by atoms with Crippen LogP contribution in [-0.2, 0) is 4.79 Å². The molecule has 0 aromatic heterocycles. The Labute approximate surface area is 117 Å². The smallest absolute Gasteiger partial charge is 0.238 e. The van der Waals surface area contributed by atoms with Crippen molar-refractivity contribution < 1.29 is 13.6 Å². The molecule has 1 aliphatic carbocycles. The molecule has 3 nitrogen and oxygen atoms in total. The maximum absolute atomic E-state index is 13.4. The highest BCUT2D eigenvalue weighted by Crippen LogP contribution is 2.42. The average molecular weight is 282 g/mol.